The Morgan fingerprint density at radius 2 is 1.70 bits per heavy atom. The molecule has 0 saturated heterocycles. The van der Waals surface area contributed by atoms with Crippen molar-refractivity contribution < 1.29 is 4.74 Å². The molecule has 0 unspecified atom stereocenters. The molecule has 1 aromatic rings. The molecule has 1 aliphatic rings. The largest absolute Gasteiger partial charge is 0.494 e. The van der Waals surface area contributed by atoms with Crippen molar-refractivity contribution in [1.29, 1.82) is 0 Å². The lowest BCUT2D eigenvalue weighted by molar-refractivity contribution is 0.304. The topological polar surface area (TPSA) is 9.23 Å². The molecule has 0 aromatic heterocycles. The summed E-state index contributed by atoms with van der Waals surface area (Å²) in [5.41, 5.74) is 1.14. The second-order valence-electron chi connectivity index (χ2n) is 6.17. The summed E-state index contributed by atoms with van der Waals surface area (Å²) < 4.78 is 5.43. The quantitative estimate of drug-likeness (QED) is 0.618. The van der Waals surface area contributed by atoms with Crippen LogP contribution in [-0.4, -0.2) is 6.61 Å². The summed E-state index contributed by atoms with van der Waals surface area (Å²) in [5, 5.41) is 0. The van der Waals surface area contributed by atoms with E-state index in [1.165, 1.54) is 32.1 Å². The van der Waals surface area contributed by atoms with E-state index < -0.39 is 0 Å². The molecule has 2 rings (SSSR count). The second-order valence-corrected chi connectivity index (χ2v) is 6.17. The maximum Gasteiger partial charge on any atom is 0.119 e. The first-order chi connectivity index (χ1) is 11.3. The molecular weight excluding hydrogens is 280 g/mol. The fraction of sp³-hybridized carbons (Fsp3) is 0.455. The van der Waals surface area contributed by atoms with E-state index in [0.29, 0.717) is 6.61 Å². The highest BCUT2D eigenvalue weighted by Crippen LogP contribution is 2.31. The predicted octanol–water partition coefficient (Wildman–Crippen LogP) is 5.87. The molecule has 1 heteroatoms. The average molecular weight is 308 g/mol. The van der Waals surface area contributed by atoms with Crippen molar-refractivity contribution in [3.8, 4) is 17.6 Å². The van der Waals surface area contributed by atoms with Gasteiger partial charge in [0.25, 0.3) is 0 Å². The van der Waals surface area contributed by atoms with E-state index in [-0.39, 0.29) is 0 Å². The van der Waals surface area contributed by atoms with Crippen molar-refractivity contribution in [3.05, 3.63) is 48.1 Å². The summed E-state index contributed by atoms with van der Waals surface area (Å²) in [7, 11) is 0. The van der Waals surface area contributed by atoms with E-state index in [1.807, 2.05) is 49.4 Å². The van der Waals surface area contributed by atoms with Gasteiger partial charge in [-0.05, 0) is 80.4 Å². The van der Waals surface area contributed by atoms with Crippen LogP contribution >= 0.6 is 0 Å². The molecule has 0 atom stereocenters. The molecule has 0 radical (unpaired) electrons. The molecule has 0 N–H and O–H groups in total. The highest BCUT2D eigenvalue weighted by molar-refractivity contribution is 5.54. The van der Waals surface area contributed by atoms with Crippen LogP contribution in [-0.2, 0) is 0 Å². The molecule has 1 nitrogen and oxygen atoms in total. The number of hydrogen-bond acceptors (Lipinski definition) is 1. The zero-order valence-electron chi connectivity index (χ0n) is 14.4. The van der Waals surface area contributed by atoms with Crippen molar-refractivity contribution >= 4 is 6.08 Å². The van der Waals surface area contributed by atoms with Gasteiger partial charge in [0, 0.05) is 0 Å². The number of ether oxygens (including phenoxy) is 1. The van der Waals surface area contributed by atoms with Crippen LogP contribution in [0.1, 0.15) is 51.5 Å². The zero-order valence-corrected chi connectivity index (χ0v) is 14.4. The molecule has 0 heterocycles. The van der Waals surface area contributed by atoms with Gasteiger partial charge in [-0.2, -0.15) is 0 Å². The molecule has 23 heavy (non-hydrogen) atoms. The highest BCUT2D eigenvalue weighted by Gasteiger charge is 2.17. The number of rotatable bonds is 5. The Hall–Kier alpha value is -1.94. The van der Waals surface area contributed by atoms with Crippen LogP contribution in [0.3, 0.4) is 0 Å². The minimum atomic E-state index is 0.701. The molecule has 0 aliphatic heterocycles. The molecule has 0 spiro atoms. The Balaban J connectivity index is 1.75. The third-order valence-electron chi connectivity index (χ3n) is 4.55. The van der Waals surface area contributed by atoms with Gasteiger partial charge in [-0.25, -0.2) is 0 Å². The molecular formula is C22H28O. The highest BCUT2D eigenvalue weighted by atomic mass is 16.5. The van der Waals surface area contributed by atoms with Crippen LogP contribution in [0.2, 0.25) is 0 Å². The Labute approximate surface area is 141 Å². The molecule has 1 saturated carbocycles. The first-order valence-electron chi connectivity index (χ1n) is 8.89. The number of allylic oxidation sites excluding steroid dienone is 3. The Bertz CT molecular complexity index is 560. The molecule has 122 valence electrons. The van der Waals surface area contributed by atoms with Crippen molar-refractivity contribution in [3.63, 3.8) is 0 Å². The summed E-state index contributed by atoms with van der Waals surface area (Å²) in [4.78, 5) is 0. The normalized spacial score (nSPS) is 21.3. The molecule has 1 aliphatic carbocycles. The lowest BCUT2D eigenvalue weighted by atomic mass is 9.81. The number of hydrogen-bond donors (Lipinski definition) is 0. The minimum Gasteiger partial charge on any atom is -0.494 e. The molecule has 1 fully saturated rings. The second kappa shape index (κ2) is 9.95. The summed E-state index contributed by atoms with van der Waals surface area (Å²) in [5.74, 6) is 8.81. The van der Waals surface area contributed by atoms with Crippen LogP contribution in [0.15, 0.2) is 42.5 Å². The van der Waals surface area contributed by atoms with Gasteiger partial charge in [-0.15, -0.1) is 0 Å². The van der Waals surface area contributed by atoms with Gasteiger partial charge in [-0.1, -0.05) is 43.4 Å². The lowest BCUT2D eigenvalue weighted by Gasteiger charge is -2.25. The van der Waals surface area contributed by atoms with E-state index >= 15 is 0 Å². The monoisotopic (exact) mass is 308 g/mol. The van der Waals surface area contributed by atoms with Gasteiger partial charge < -0.3 is 4.74 Å². The maximum absolute atomic E-state index is 5.43. The van der Waals surface area contributed by atoms with Crippen molar-refractivity contribution in [1.82, 2.24) is 0 Å². The fourth-order valence-corrected chi connectivity index (χ4v) is 3.05. The smallest absolute Gasteiger partial charge is 0.119 e. The molecule has 0 bridgehead atoms. The molecule has 0 amide bonds. The fourth-order valence-electron chi connectivity index (χ4n) is 3.05. The van der Waals surface area contributed by atoms with E-state index in [0.717, 1.165) is 23.1 Å². The van der Waals surface area contributed by atoms with E-state index in [9.17, 15) is 0 Å². The third kappa shape index (κ3) is 6.37. The SMILES string of the molecule is CCOc1ccc(C=CC#CC=CC2CCC(CC)CC2)cc1. The van der Waals surface area contributed by atoms with Gasteiger partial charge in [0.1, 0.15) is 5.75 Å². The van der Waals surface area contributed by atoms with Crippen LogP contribution in [0.4, 0.5) is 0 Å². The van der Waals surface area contributed by atoms with Crippen molar-refractivity contribution in [2.45, 2.75) is 46.0 Å². The van der Waals surface area contributed by atoms with Crippen molar-refractivity contribution in [2.24, 2.45) is 11.8 Å². The zero-order chi connectivity index (χ0) is 16.3. The standard InChI is InChI=1S/C22H28O/c1-3-19-11-13-20(14-12-19)9-7-5-6-8-10-21-15-17-22(18-16-21)23-4-2/h7-10,15-20H,3-4,11-14H2,1-2H3. The van der Waals surface area contributed by atoms with Gasteiger partial charge in [0.05, 0.1) is 6.61 Å². The van der Waals surface area contributed by atoms with E-state index in [1.54, 1.807) is 0 Å². The average Bonchev–Trinajstić information content (AvgIpc) is 2.60. The third-order valence-corrected chi connectivity index (χ3v) is 4.55. The summed E-state index contributed by atoms with van der Waals surface area (Å²) in [6.07, 6.45) is 15.0. The first-order valence-corrected chi connectivity index (χ1v) is 8.89. The van der Waals surface area contributed by atoms with Crippen LogP contribution in [0.25, 0.3) is 6.08 Å². The lowest BCUT2D eigenvalue weighted by Crippen LogP contribution is -2.11. The van der Waals surface area contributed by atoms with Gasteiger partial charge in [-0.3, -0.25) is 0 Å². The van der Waals surface area contributed by atoms with E-state index in [2.05, 4.69) is 24.8 Å². The van der Waals surface area contributed by atoms with Crippen LogP contribution in [0.5, 0.6) is 5.75 Å². The van der Waals surface area contributed by atoms with E-state index in [4.69, 9.17) is 4.74 Å². The van der Waals surface area contributed by atoms with Crippen LogP contribution in [0, 0.1) is 23.7 Å². The predicted molar refractivity (Wildman–Crippen MR) is 99.3 cm³/mol. The summed E-state index contributed by atoms with van der Waals surface area (Å²) >= 11 is 0. The Morgan fingerprint density at radius 3 is 2.35 bits per heavy atom. The number of benzene rings is 1. The van der Waals surface area contributed by atoms with Crippen LogP contribution < -0.4 is 4.74 Å². The summed E-state index contributed by atoms with van der Waals surface area (Å²) in [6.45, 7) is 5.00. The minimum absolute atomic E-state index is 0.701. The molecule has 1 aromatic carbocycles. The van der Waals surface area contributed by atoms with Gasteiger partial charge in [0.15, 0.2) is 0 Å². The van der Waals surface area contributed by atoms with Gasteiger partial charge in [0.2, 0.25) is 0 Å². The summed E-state index contributed by atoms with van der Waals surface area (Å²) in [6, 6.07) is 8.07. The first kappa shape index (κ1) is 17.4. The van der Waals surface area contributed by atoms with Gasteiger partial charge >= 0.3 is 0 Å². The Kier molecular flexibility index (Phi) is 7.54. The van der Waals surface area contributed by atoms with Crippen molar-refractivity contribution in [2.75, 3.05) is 6.61 Å². The Morgan fingerprint density at radius 1 is 1.00 bits per heavy atom. The maximum atomic E-state index is 5.43.